The number of amides is 1. The summed E-state index contributed by atoms with van der Waals surface area (Å²) in [5, 5.41) is 6.85. The highest BCUT2D eigenvalue weighted by Crippen LogP contribution is 2.13. The summed E-state index contributed by atoms with van der Waals surface area (Å²) in [7, 11) is 1.81. The van der Waals surface area contributed by atoms with E-state index in [-0.39, 0.29) is 35.8 Å². The average Bonchev–Trinajstić information content (AvgIpc) is 3.00. The number of likely N-dealkylation sites (tertiary alicyclic amines) is 1. The van der Waals surface area contributed by atoms with Crippen molar-refractivity contribution >= 4 is 35.8 Å². The Bertz CT molecular complexity index is 399. The minimum atomic E-state index is 0. The predicted octanol–water partition coefficient (Wildman–Crippen LogP) is 3.63. The van der Waals surface area contributed by atoms with E-state index in [1.54, 1.807) is 0 Å². The van der Waals surface area contributed by atoms with Crippen LogP contribution in [0.3, 0.4) is 0 Å². The Balaban J connectivity index is 0.00000576. The molecule has 1 aliphatic heterocycles. The van der Waals surface area contributed by atoms with Gasteiger partial charge in [0.1, 0.15) is 0 Å². The second kappa shape index (κ2) is 13.6. The highest BCUT2D eigenvalue weighted by Gasteiger charge is 2.27. The van der Waals surface area contributed by atoms with Crippen molar-refractivity contribution in [2.45, 2.75) is 72.3 Å². The van der Waals surface area contributed by atoms with Gasteiger partial charge in [0.05, 0.1) is 0 Å². The summed E-state index contributed by atoms with van der Waals surface area (Å²) in [5.41, 5.74) is 0. The van der Waals surface area contributed by atoms with Crippen molar-refractivity contribution in [2.24, 2.45) is 16.8 Å². The fraction of sp³-hybridized carbons (Fsp3) is 0.895. The van der Waals surface area contributed by atoms with Gasteiger partial charge in [0, 0.05) is 38.6 Å². The third-order valence-electron chi connectivity index (χ3n) is 4.56. The predicted molar refractivity (Wildman–Crippen MR) is 118 cm³/mol. The molecular formula is C19H39IN4O. The third-order valence-corrected chi connectivity index (χ3v) is 4.56. The van der Waals surface area contributed by atoms with Gasteiger partial charge in [-0.2, -0.15) is 0 Å². The molecule has 0 aromatic rings. The molecule has 25 heavy (non-hydrogen) atoms. The number of unbranched alkanes of at least 4 members (excludes halogenated alkanes) is 3. The molecule has 0 saturated carbocycles. The SMILES string of the molecule is CN=C(NCCCCCCC(C)C)NC1CCN(C(=O)C(C)C)C1.I. The van der Waals surface area contributed by atoms with Crippen molar-refractivity contribution < 1.29 is 4.79 Å². The zero-order valence-corrected chi connectivity index (χ0v) is 19.1. The Morgan fingerprint density at radius 1 is 1.16 bits per heavy atom. The summed E-state index contributed by atoms with van der Waals surface area (Å²) in [5.74, 6) is 2.02. The smallest absolute Gasteiger partial charge is 0.225 e. The summed E-state index contributed by atoms with van der Waals surface area (Å²) < 4.78 is 0. The fourth-order valence-electron chi connectivity index (χ4n) is 3.07. The quantitative estimate of drug-likeness (QED) is 0.236. The molecule has 1 amide bonds. The molecule has 0 aromatic heterocycles. The zero-order chi connectivity index (χ0) is 17.9. The largest absolute Gasteiger partial charge is 0.356 e. The van der Waals surface area contributed by atoms with Gasteiger partial charge >= 0.3 is 0 Å². The minimum absolute atomic E-state index is 0. The normalized spacial score (nSPS) is 17.8. The molecule has 1 aliphatic rings. The molecule has 5 nitrogen and oxygen atoms in total. The van der Waals surface area contributed by atoms with Crippen molar-refractivity contribution in [3.05, 3.63) is 0 Å². The monoisotopic (exact) mass is 466 g/mol. The average molecular weight is 466 g/mol. The van der Waals surface area contributed by atoms with Crippen LogP contribution in [0.4, 0.5) is 0 Å². The number of nitrogens with one attached hydrogen (secondary N) is 2. The summed E-state index contributed by atoms with van der Waals surface area (Å²) in [6, 6.07) is 0.310. The number of halogens is 1. The van der Waals surface area contributed by atoms with E-state index in [2.05, 4.69) is 29.5 Å². The van der Waals surface area contributed by atoms with Crippen LogP contribution < -0.4 is 10.6 Å². The van der Waals surface area contributed by atoms with Crippen molar-refractivity contribution in [2.75, 3.05) is 26.7 Å². The third kappa shape index (κ3) is 10.3. The van der Waals surface area contributed by atoms with Gasteiger partial charge in [-0.1, -0.05) is 53.4 Å². The van der Waals surface area contributed by atoms with Crippen LogP contribution in [0.25, 0.3) is 0 Å². The molecule has 1 fully saturated rings. The van der Waals surface area contributed by atoms with Gasteiger partial charge in [-0.25, -0.2) is 0 Å². The van der Waals surface area contributed by atoms with Gasteiger partial charge in [0.25, 0.3) is 0 Å². The molecule has 1 saturated heterocycles. The first kappa shape index (κ1) is 24.5. The molecule has 0 aliphatic carbocycles. The first-order valence-corrected chi connectivity index (χ1v) is 9.70. The molecule has 0 aromatic carbocycles. The zero-order valence-electron chi connectivity index (χ0n) is 16.8. The molecule has 2 N–H and O–H groups in total. The first-order chi connectivity index (χ1) is 11.4. The van der Waals surface area contributed by atoms with E-state index < -0.39 is 0 Å². The van der Waals surface area contributed by atoms with Crippen LogP contribution in [-0.4, -0.2) is 49.5 Å². The molecule has 1 heterocycles. The second-order valence-corrected chi connectivity index (χ2v) is 7.66. The molecule has 148 valence electrons. The van der Waals surface area contributed by atoms with E-state index in [0.29, 0.717) is 6.04 Å². The standard InChI is InChI=1S/C19H38N4O.HI/c1-15(2)10-8-6-7-9-12-21-19(20-5)22-17-11-13-23(14-17)18(24)16(3)4;/h15-17H,6-14H2,1-5H3,(H2,20,21,22);1H. The number of hydrogen-bond donors (Lipinski definition) is 2. The number of guanidine groups is 1. The van der Waals surface area contributed by atoms with Gasteiger partial charge < -0.3 is 15.5 Å². The summed E-state index contributed by atoms with van der Waals surface area (Å²) in [6.45, 7) is 11.1. The molecule has 6 heteroatoms. The molecule has 1 atom stereocenters. The molecule has 0 bridgehead atoms. The van der Waals surface area contributed by atoms with Crippen LogP contribution in [0.1, 0.15) is 66.2 Å². The summed E-state index contributed by atoms with van der Waals surface area (Å²) in [6.07, 6.45) is 7.45. The number of hydrogen-bond acceptors (Lipinski definition) is 2. The van der Waals surface area contributed by atoms with Crippen molar-refractivity contribution in [3.63, 3.8) is 0 Å². The topological polar surface area (TPSA) is 56.7 Å². The minimum Gasteiger partial charge on any atom is -0.356 e. The Kier molecular flexibility index (Phi) is 13.4. The number of carbonyl (C=O) groups is 1. The number of rotatable bonds is 9. The summed E-state index contributed by atoms with van der Waals surface area (Å²) >= 11 is 0. The lowest BCUT2D eigenvalue weighted by Gasteiger charge is -2.20. The van der Waals surface area contributed by atoms with Crippen LogP contribution in [0.2, 0.25) is 0 Å². The van der Waals surface area contributed by atoms with Gasteiger partial charge in [0.2, 0.25) is 5.91 Å². The lowest BCUT2D eigenvalue weighted by atomic mass is 10.0. The molecule has 0 radical (unpaired) electrons. The van der Waals surface area contributed by atoms with Gasteiger partial charge in [0.15, 0.2) is 5.96 Å². The highest BCUT2D eigenvalue weighted by molar-refractivity contribution is 14.0. The van der Waals surface area contributed by atoms with Gasteiger partial charge in [-0.15, -0.1) is 24.0 Å². The Morgan fingerprint density at radius 2 is 1.84 bits per heavy atom. The van der Waals surface area contributed by atoms with Crippen LogP contribution in [0.15, 0.2) is 4.99 Å². The van der Waals surface area contributed by atoms with Gasteiger partial charge in [-0.05, 0) is 18.8 Å². The number of aliphatic imine (C=N–C) groups is 1. The van der Waals surface area contributed by atoms with E-state index in [1.807, 2.05) is 25.8 Å². The summed E-state index contributed by atoms with van der Waals surface area (Å²) in [4.78, 5) is 18.3. The van der Waals surface area contributed by atoms with E-state index in [9.17, 15) is 4.79 Å². The molecule has 1 unspecified atom stereocenters. The van der Waals surface area contributed by atoms with Crippen LogP contribution in [-0.2, 0) is 4.79 Å². The van der Waals surface area contributed by atoms with E-state index >= 15 is 0 Å². The van der Waals surface area contributed by atoms with E-state index in [0.717, 1.165) is 37.9 Å². The van der Waals surface area contributed by atoms with Gasteiger partial charge in [-0.3, -0.25) is 9.79 Å². The second-order valence-electron chi connectivity index (χ2n) is 7.66. The number of nitrogens with zero attached hydrogens (tertiary/aromatic N) is 2. The van der Waals surface area contributed by atoms with Crippen molar-refractivity contribution in [3.8, 4) is 0 Å². The Hall–Kier alpha value is -0.530. The Labute approximate surface area is 171 Å². The van der Waals surface area contributed by atoms with Crippen LogP contribution >= 0.6 is 24.0 Å². The fourth-order valence-corrected chi connectivity index (χ4v) is 3.07. The van der Waals surface area contributed by atoms with Crippen molar-refractivity contribution in [1.29, 1.82) is 0 Å². The maximum absolute atomic E-state index is 12.0. The number of carbonyl (C=O) groups excluding carboxylic acids is 1. The first-order valence-electron chi connectivity index (χ1n) is 9.70. The molecular weight excluding hydrogens is 427 g/mol. The van der Waals surface area contributed by atoms with E-state index in [1.165, 1.54) is 32.1 Å². The maximum Gasteiger partial charge on any atom is 0.225 e. The highest BCUT2D eigenvalue weighted by atomic mass is 127. The maximum atomic E-state index is 12.0. The Morgan fingerprint density at radius 3 is 2.44 bits per heavy atom. The molecule has 1 rings (SSSR count). The molecule has 0 spiro atoms. The lowest BCUT2D eigenvalue weighted by Crippen LogP contribution is -2.45. The van der Waals surface area contributed by atoms with Crippen LogP contribution in [0.5, 0.6) is 0 Å². The van der Waals surface area contributed by atoms with Crippen molar-refractivity contribution in [1.82, 2.24) is 15.5 Å². The lowest BCUT2D eigenvalue weighted by molar-refractivity contribution is -0.133. The van der Waals surface area contributed by atoms with Crippen LogP contribution in [0, 0.1) is 11.8 Å². The van der Waals surface area contributed by atoms with E-state index in [4.69, 9.17) is 0 Å².